The maximum Gasteiger partial charge on any atom is 0.344 e. The molecule has 0 unspecified atom stereocenters. The standard InChI is InChI=1S/C23H19NO3/c24-15-19-10-12-20(13-11-19)16-27-23(25)17-26-22-9-5-4-8-21(22)14-18-6-2-1-3-7-18/h1-13H,14,16-17H2. The lowest BCUT2D eigenvalue weighted by Gasteiger charge is -2.11. The topological polar surface area (TPSA) is 59.3 Å². The summed E-state index contributed by atoms with van der Waals surface area (Å²) >= 11 is 0. The van der Waals surface area contributed by atoms with Gasteiger partial charge in [-0.1, -0.05) is 60.7 Å². The van der Waals surface area contributed by atoms with Gasteiger partial charge in [0.15, 0.2) is 6.61 Å². The van der Waals surface area contributed by atoms with E-state index in [1.54, 1.807) is 24.3 Å². The summed E-state index contributed by atoms with van der Waals surface area (Å²) in [5, 5.41) is 8.79. The van der Waals surface area contributed by atoms with Gasteiger partial charge in [-0.25, -0.2) is 4.79 Å². The van der Waals surface area contributed by atoms with Crippen LogP contribution in [0.2, 0.25) is 0 Å². The van der Waals surface area contributed by atoms with Gasteiger partial charge in [-0.3, -0.25) is 0 Å². The van der Waals surface area contributed by atoms with Crippen LogP contribution in [-0.4, -0.2) is 12.6 Å². The van der Waals surface area contributed by atoms with Gasteiger partial charge in [-0.05, 0) is 34.9 Å². The Hall–Kier alpha value is -3.58. The Balaban J connectivity index is 1.53. The first-order valence-corrected chi connectivity index (χ1v) is 8.64. The zero-order chi connectivity index (χ0) is 18.9. The number of nitrogens with zero attached hydrogens (tertiary/aromatic N) is 1. The van der Waals surface area contributed by atoms with Gasteiger partial charge in [-0.2, -0.15) is 5.26 Å². The summed E-state index contributed by atoms with van der Waals surface area (Å²) in [7, 11) is 0. The third-order valence-corrected chi connectivity index (χ3v) is 4.04. The molecule has 0 saturated carbocycles. The number of ether oxygens (including phenoxy) is 2. The van der Waals surface area contributed by atoms with Gasteiger partial charge in [0.2, 0.25) is 0 Å². The number of benzene rings is 3. The highest BCUT2D eigenvalue weighted by Crippen LogP contribution is 2.21. The Morgan fingerprint density at radius 1 is 0.852 bits per heavy atom. The fourth-order valence-corrected chi connectivity index (χ4v) is 2.62. The molecule has 0 aliphatic rings. The van der Waals surface area contributed by atoms with Crippen molar-refractivity contribution in [1.82, 2.24) is 0 Å². The third kappa shape index (κ3) is 5.45. The molecule has 0 aliphatic heterocycles. The normalized spacial score (nSPS) is 10.0. The lowest BCUT2D eigenvalue weighted by atomic mass is 10.0. The molecule has 0 aromatic heterocycles. The van der Waals surface area contributed by atoms with Crippen LogP contribution in [-0.2, 0) is 22.6 Å². The second-order valence-electron chi connectivity index (χ2n) is 6.03. The third-order valence-electron chi connectivity index (χ3n) is 4.04. The number of hydrogen-bond donors (Lipinski definition) is 0. The van der Waals surface area contributed by atoms with Crippen LogP contribution in [0.1, 0.15) is 22.3 Å². The molecule has 134 valence electrons. The highest BCUT2D eigenvalue weighted by atomic mass is 16.6. The van der Waals surface area contributed by atoms with Crippen LogP contribution in [0, 0.1) is 11.3 Å². The van der Waals surface area contributed by atoms with Crippen molar-refractivity contribution in [2.24, 2.45) is 0 Å². The van der Waals surface area contributed by atoms with Gasteiger partial charge in [0.1, 0.15) is 12.4 Å². The SMILES string of the molecule is N#Cc1ccc(COC(=O)COc2ccccc2Cc2ccccc2)cc1. The summed E-state index contributed by atoms with van der Waals surface area (Å²) in [6.45, 7) is 0.00163. The molecule has 0 radical (unpaired) electrons. The first-order chi connectivity index (χ1) is 13.2. The zero-order valence-electron chi connectivity index (χ0n) is 14.8. The van der Waals surface area contributed by atoms with Crippen LogP contribution in [0.5, 0.6) is 5.75 Å². The van der Waals surface area contributed by atoms with Crippen LogP contribution in [0.15, 0.2) is 78.9 Å². The number of rotatable bonds is 7. The molecule has 0 amide bonds. The van der Waals surface area contributed by atoms with Crippen molar-refractivity contribution in [1.29, 1.82) is 5.26 Å². The molecule has 0 aliphatic carbocycles. The highest BCUT2D eigenvalue weighted by molar-refractivity contribution is 5.71. The minimum Gasteiger partial charge on any atom is -0.482 e. The van der Waals surface area contributed by atoms with Crippen LogP contribution in [0.4, 0.5) is 0 Å². The van der Waals surface area contributed by atoms with E-state index >= 15 is 0 Å². The monoisotopic (exact) mass is 357 g/mol. The molecule has 3 aromatic rings. The minimum absolute atomic E-state index is 0.151. The predicted octanol–water partition coefficient (Wildman–Crippen LogP) is 4.27. The first-order valence-electron chi connectivity index (χ1n) is 8.64. The Morgan fingerprint density at radius 3 is 2.30 bits per heavy atom. The maximum atomic E-state index is 12.0. The number of carbonyl (C=O) groups excluding carboxylic acids is 1. The van der Waals surface area contributed by atoms with E-state index in [2.05, 4.69) is 18.2 Å². The summed E-state index contributed by atoms with van der Waals surface area (Å²) in [5.41, 5.74) is 3.59. The van der Waals surface area contributed by atoms with E-state index in [1.807, 2.05) is 42.5 Å². The molecule has 0 N–H and O–H groups in total. The predicted molar refractivity (Wildman–Crippen MR) is 102 cm³/mol. The number of para-hydroxylation sites is 1. The van der Waals surface area contributed by atoms with Gasteiger partial charge in [-0.15, -0.1) is 0 Å². The van der Waals surface area contributed by atoms with Crippen LogP contribution >= 0.6 is 0 Å². The van der Waals surface area contributed by atoms with E-state index in [-0.39, 0.29) is 13.2 Å². The number of nitriles is 1. The van der Waals surface area contributed by atoms with Crippen molar-refractivity contribution in [3.05, 3.63) is 101 Å². The van der Waals surface area contributed by atoms with Gasteiger partial charge in [0, 0.05) is 6.42 Å². The Labute approximate surface area is 158 Å². The Kier molecular flexibility index (Phi) is 6.21. The van der Waals surface area contributed by atoms with Crippen molar-refractivity contribution < 1.29 is 14.3 Å². The lowest BCUT2D eigenvalue weighted by molar-refractivity contribution is -0.147. The molecule has 3 rings (SSSR count). The van der Waals surface area contributed by atoms with Crippen molar-refractivity contribution in [3.8, 4) is 11.8 Å². The fraction of sp³-hybridized carbons (Fsp3) is 0.130. The Morgan fingerprint density at radius 2 is 1.56 bits per heavy atom. The van der Waals surface area contributed by atoms with E-state index in [0.29, 0.717) is 11.3 Å². The molecule has 0 fully saturated rings. The number of carbonyl (C=O) groups is 1. The van der Waals surface area contributed by atoms with Crippen LogP contribution in [0.25, 0.3) is 0 Å². The van der Waals surface area contributed by atoms with Crippen molar-refractivity contribution in [2.45, 2.75) is 13.0 Å². The molecule has 0 heterocycles. The molecule has 3 aromatic carbocycles. The van der Waals surface area contributed by atoms with Crippen molar-refractivity contribution in [2.75, 3.05) is 6.61 Å². The quantitative estimate of drug-likeness (QED) is 0.593. The van der Waals surface area contributed by atoms with E-state index < -0.39 is 5.97 Å². The van der Waals surface area contributed by atoms with E-state index in [4.69, 9.17) is 14.7 Å². The van der Waals surface area contributed by atoms with Gasteiger partial charge >= 0.3 is 5.97 Å². The largest absolute Gasteiger partial charge is 0.482 e. The van der Waals surface area contributed by atoms with Crippen molar-refractivity contribution in [3.63, 3.8) is 0 Å². The maximum absolute atomic E-state index is 12.0. The molecule has 0 saturated heterocycles. The second kappa shape index (κ2) is 9.21. The summed E-state index contributed by atoms with van der Waals surface area (Å²) in [6.07, 6.45) is 0.733. The lowest BCUT2D eigenvalue weighted by Crippen LogP contribution is -2.15. The Bertz CT molecular complexity index is 928. The molecule has 4 heteroatoms. The number of esters is 1. The molecular formula is C23H19NO3. The summed E-state index contributed by atoms with van der Waals surface area (Å²) < 4.78 is 10.9. The molecule has 0 atom stereocenters. The van der Waals surface area contributed by atoms with Gasteiger partial charge < -0.3 is 9.47 Å². The second-order valence-corrected chi connectivity index (χ2v) is 6.03. The molecule has 27 heavy (non-hydrogen) atoms. The fourth-order valence-electron chi connectivity index (χ4n) is 2.62. The average molecular weight is 357 g/mol. The van der Waals surface area contributed by atoms with Gasteiger partial charge in [0.25, 0.3) is 0 Å². The molecule has 0 bridgehead atoms. The summed E-state index contributed by atoms with van der Waals surface area (Å²) in [4.78, 5) is 12.0. The van der Waals surface area contributed by atoms with E-state index in [1.165, 1.54) is 5.56 Å². The molecular weight excluding hydrogens is 338 g/mol. The zero-order valence-corrected chi connectivity index (χ0v) is 14.8. The smallest absolute Gasteiger partial charge is 0.344 e. The first kappa shape index (κ1) is 18.2. The summed E-state index contributed by atoms with van der Waals surface area (Å²) in [5.74, 6) is 0.241. The van der Waals surface area contributed by atoms with Crippen LogP contribution in [0.3, 0.4) is 0 Å². The molecule has 4 nitrogen and oxygen atoms in total. The van der Waals surface area contributed by atoms with E-state index in [9.17, 15) is 4.79 Å². The average Bonchev–Trinajstić information content (AvgIpc) is 2.73. The summed E-state index contributed by atoms with van der Waals surface area (Å²) in [6, 6.07) is 26.7. The molecule has 0 spiro atoms. The minimum atomic E-state index is -0.436. The van der Waals surface area contributed by atoms with E-state index in [0.717, 1.165) is 17.5 Å². The van der Waals surface area contributed by atoms with Gasteiger partial charge in [0.05, 0.1) is 11.6 Å². The van der Waals surface area contributed by atoms with Crippen LogP contribution < -0.4 is 4.74 Å². The highest BCUT2D eigenvalue weighted by Gasteiger charge is 2.09. The van der Waals surface area contributed by atoms with Crippen molar-refractivity contribution >= 4 is 5.97 Å². The number of hydrogen-bond acceptors (Lipinski definition) is 4.